The molecule has 0 radical (unpaired) electrons. The smallest absolute Gasteiger partial charge is 0.323 e. The predicted octanol–water partition coefficient (Wildman–Crippen LogP) is 4.70. The van der Waals surface area contributed by atoms with E-state index in [1.807, 2.05) is 6.07 Å². The molecule has 0 heterocycles. The Morgan fingerprint density at radius 2 is 1.85 bits per heavy atom. The van der Waals surface area contributed by atoms with Gasteiger partial charge in [-0.25, -0.2) is 4.39 Å². The van der Waals surface area contributed by atoms with E-state index in [9.17, 15) is 34.1 Å². The molecule has 2 amide bonds. The summed E-state index contributed by atoms with van der Waals surface area (Å²) in [4.78, 5) is 34.4. The monoisotopic (exact) mass is 663 g/mol. The first-order valence-corrected chi connectivity index (χ1v) is 14.9. The van der Waals surface area contributed by atoms with Gasteiger partial charge in [0.05, 0.1) is 11.6 Å². The Labute approximate surface area is 273 Å². The third-order valence-corrected chi connectivity index (χ3v) is 8.08. The fourth-order valence-corrected chi connectivity index (χ4v) is 5.73. The summed E-state index contributed by atoms with van der Waals surface area (Å²) in [7, 11) is 0. The van der Waals surface area contributed by atoms with Crippen LogP contribution in [0.4, 0.5) is 10.1 Å². The van der Waals surface area contributed by atoms with Crippen LogP contribution in [0.2, 0.25) is 5.02 Å². The number of aromatic hydroxyl groups is 1. The van der Waals surface area contributed by atoms with Crippen LogP contribution in [0.25, 0.3) is 11.1 Å². The topological polar surface area (TPSA) is 180 Å². The Morgan fingerprint density at radius 1 is 1.09 bits per heavy atom. The van der Waals surface area contributed by atoms with Crippen LogP contribution in [0.1, 0.15) is 45.1 Å². The second-order valence-corrected chi connectivity index (χ2v) is 11.2. The Bertz CT molecular complexity index is 1840. The summed E-state index contributed by atoms with van der Waals surface area (Å²) in [6.45, 7) is -0.782. The number of phenols is 1. The highest BCUT2D eigenvalue weighted by Crippen LogP contribution is 2.43. The Hall–Kier alpha value is -5.17. The van der Waals surface area contributed by atoms with Crippen molar-refractivity contribution >= 4 is 35.6 Å². The van der Waals surface area contributed by atoms with Crippen molar-refractivity contribution in [3.63, 3.8) is 0 Å². The molecule has 0 saturated heterocycles. The van der Waals surface area contributed by atoms with E-state index in [1.165, 1.54) is 18.2 Å². The highest BCUT2D eigenvalue weighted by Gasteiger charge is 2.29. The van der Waals surface area contributed by atoms with Crippen molar-refractivity contribution in [1.82, 2.24) is 5.32 Å². The Kier molecular flexibility index (Phi) is 10.2. The number of rotatable bonds is 14. The number of anilines is 1. The van der Waals surface area contributed by atoms with E-state index in [4.69, 9.17) is 26.8 Å². The van der Waals surface area contributed by atoms with Crippen molar-refractivity contribution in [2.45, 2.75) is 38.1 Å². The van der Waals surface area contributed by atoms with Crippen LogP contribution in [-0.4, -0.2) is 46.3 Å². The molecule has 0 bridgehead atoms. The summed E-state index contributed by atoms with van der Waals surface area (Å²) >= 11 is 6.67. The minimum absolute atomic E-state index is 0.0444. The molecule has 0 fully saturated rings. The number of nitrogens with two attached hydrogens (primary N) is 1. The average Bonchev–Trinajstić information content (AvgIpc) is 3.46. The molecular formula is C34H31ClFN3O8. The second-order valence-electron chi connectivity index (χ2n) is 10.8. The van der Waals surface area contributed by atoms with Crippen molar-refractivity contribution in [3.8, 4) is 28.4 Å². The van der Waals surface area contributed by atoms with Crippen LogP contribution in [0.15, 0.2) is 66.7 Å². The van der Waals surface area contributed by atoms with Crippen LogP contribution in [0.5, 0.6) is 17.2 Å². The van der Waals surface area contributed by atoms with E-state index in [2.05, 4.69) is 10.6 Å². The second kappa shape index (κ2) is 14.5. The number of carbonyl (C=O) groups excluding carboxylic acids is 2. The summed E-state index contributed by atoms with van der Waals surface area (Å²) < 4.78 is 27.3. The lowest BCUT2D eigenvalue weighted by molar-refractivity contribution is -0.140. The molecule has 7 N–H and O–H groups in total. The van der Waals surface area contributed by atoms with E-state index in [0.29, 0.717) is 41.6 Å². The molecule has 0 aromatic heterocycles. The third-order valence-electron chi connectivity index (χ3n) is 7.79. The van der Waals surface area contributed by atoms with Crippen LogP contribution in [-0.2, 0) is 29.2 Å². The summed E-state index contributed by atoms with van der Waals surface area (Å²) in [6, 6.07) is 16.3. The fraction of sp³-hybridized carbons (Fsp3) is 0.206. The first-order chi connectivity index (χ1) is 22.6. The number of hydrogen-bond acceptors (Lipinski definition) is 8. The minimum Gasteiger partial charge on any atom is -0.505 e. The van der Waals surface area contributed by atoms with Gasteiger partial charge in [0, 0.05) is 35.0 Å². The fourth-order valence-electron chi connectivity index (χ4n) is 5.50. The number of carboxylic acid groups (broad SMARTS) is 1. The summed E-state index contributed by atoms with van der Waals surface area (Å²) in [6.07, 6.45) is 1.15. The highest BCUT2D eigenvalue weighted by molar-refractivity contribution is 6.32. The molecule has 4 aromatic rings. The van der Waals surface area contributed by atoms with E-state index in [-0.39, 0.29) is 40.8 Å². The largest absolute Gasteiger partial charge is 0.505 e. The van der Waals surface area contributed by atoms with Gasteiger partial charge in [-0.15, -0.1) is 0 Å². The molecule has 13 heteroatoms. The summed E-state index contributed by atoms with van der Waals surface area (Å²) in [5, 5.41) is 34.2. The minimum atomic E-state index is -1.25. The third kappa shape index (κ3) is 7.46. The van der Waals surface area contributed by atoms with Gasteiger partial charge in [0.25, 0.3) is 0 Å². The van der Waals surface area contributed by atoms with Crippen molar-refractivity contribution in [1.29, 1.82) is 0 Å². The number of aliphatic hydroxyl groups is 1. The zero-order valence-electron chi connectivity index (χ0n) is 24.8. The Morgan fingerprint density at radius 3 is 2.57 bits per heavy atom. The standard InChI is InChI=1S/C34H31ClFN3O8/c35-26-12-20(14-38-27(15-40)34(44)45)30(46-16-18-9-19(33(37)43)11-21(10-18)39-17-41)13-31(26)47-29-8-7-23-22(3-1-4-24(23)29)25-5-2-6-28(42)32(25)36/h1-6,9-13,17,27,29,38,40,42H,7-8,14-16H2,(H2,37,43)(H,39,41)(H,44,45)/t27-,29-/m0/s1. The number of aliphatic hydroxyl groups excluding tert-OH is 1. The number of carboxylic acids is 1. The molecule has 0 unspecified atom stereocenters. The molecule has 0 aliphatic heterocycles. The first-order valence-electron chi connectivity index (χ1n) is 14.5. The van der Waals surface area contributed by atoms with Crippen molar-refractivity contribution in [3.05, 3.63) is 105 Å². The van der Waals surface area contributed by atoms with Gasteiger partial charge in [-0.3, -0.25) is 19.7 Å². The van der Waals surface area contributed by atoms with E-state index in [1.54, 1.807) is 42.5 Å². The molecule has 244 valence electrons. The molecule has 5 rings (SSSR count). The number of amides is 2. The quantitative estimate of drug-likeness (QED) is 0.104. The number of hydrogen-bond donors (Lipinski definition) is 6. The molecule has 1 aliphatic carbocycles. The zero-order chi connectivity index (χ0) is 33.7. The SMILES string of the molecule is NC(=O)c1cc(COc2cc(O[C@H]3CCc4c(-c5cccc(O)c5F)cccc43)c(Cl)cc2CN[C@@H](CO)C(=O)O)cc(NC=O)c1. The van der Waals surface area contributed by atoms with Crippen molar-refractivity contribution in [2.75, 3.05) is 11.9 Å². The number of nitrogens with one attached hydrogen (secondary N) is 2. The number of benzene rings is 4. The van der Waals surface area contributed by atoms with Crippen LogP contribution < -0.4 is 25.8 Å². The summed E-state index contributed by atoms with van der Waals surface area (Å²) in [5.41, 5.74) is 9.53. The lowest BCUT2D eigenvalue weighted by Crippen LogP contribution is -2.39. The molecule has 4 aromatic carbocycles. The van der Waals surface area contributed by atoms with Gasteiger partial charge in [-0.05, 0) is 65.4 Å². The number of halogens is 2. The lowest BCUT2D eigenvalue weighted by atomic mass is 9.96. The Balaban J connectivity index is 1.46. The van der Waals surface area contributed by atoms with Gasteiger partial charge in [0.15, 0.2) is 11.6 Å². The summed E-state index contributed by atoms with van der Waals surface area (Å²) in [5.74, 6) is -2.56. The number of phenolic OH excluding ortho intramolecular Hbond substituents is 1. The zero-order valence-corrected chi connectivity index (χ0v) is 25.6. The molecular weight excluding hydrogens is 633 g/mol. The van der Waals surface area contributed by atoms with Gasteiger partial charge in [-0.2, -0.15) is 0 Å². The van der Waals surface area contributed by atoms with Gasteiger partial charge in [-0.1, -0.05) is 41.9 Å². The van der Waals surface area contributed by atoms with Crippen LogP contribution >= 0.6 is 11.6 Å². The number of aliphatic carboxylic acids is 1. The maximum atomic E-state index is 14.8. The van der Waals surface area contributed by atoms with Crippen molar-refractivity contribution < 1.29 is 43.6 Å². The number of ether oxygens (including phenoxy) is 2. The van der Waals surface area contributed by atoms with Crippen LogP contribution in [0.3, 0.4) is 0 Å². The van der Waals surface area contributed by atoms with Gasteiger partial charge >= 0.3 is 5.97 Å². The maximum absolute atomic E-state index is 14.8. The lowest BCUT2D eigenvalue weighted by Gasteiger charge is -2.20. The van der Waals surface area contributed by atoms with E-state index >= 15 is 0 Å². The van der Waals surface area contributed by atoms with E-state index in [0.717, 1.165) is 11.1 Å². The van der Waals surface area contributed by atoms with Gasteiger partial charge < -0.3 is 35.8 Å². The molecule has 0 saturated carbocycles. The number of carbonyl (C=O) groups is 3. The molecule has 0 spiro atoms. The maximum Gasteiger partial charge on any atom is 0.323 e. The van der Waals surface area contributed by atoms with Crippen LogP contribution in [0, 0.1) is 5.82 Å². The number of fused-ring (bicyclic) bond motifs is 1. The van der Waals surface area contributed by atoms with E-state index < -0.39 is 42.2 Å². The number of primary amides is 1. The molecule has 2 atom stereocenters. The highest BCUT2D eigenvalue weighted by atomic mass is 35.5. The normalized spacial score (nSPS) is 14.2. The first kappa shape index (κ1) is 33.2. The average molecular weight is 664 g/mol. The molecule has 47 heavy (non-hydrogen) atoms. The van der Waals surface area contributed by atoms with Gasteiger partial charge in [0.1, 0.15) is 30.3 Å². The van der Waals surface area contributed by atoms with Gasteiger partial charge in [0.2, 0.25) is 12.3 Å². The molecule has 11 nitrogen and oxygen atoms in total. The molecule has 1 aliphatic rings. The predicted molar refractivity (Wildman–Crippen MR) is 171 cm³/mol. The van der Waals surface area contributed by atoms with Crippen molar-refractivity contribution in [2.24, 2.45) is 5.73 Å².